The van der Waals surface area contributed by atoms with Crippen LogP contribution in [0.4, 0.5) is 5.00 Å². The zero-order chi connectivity index (χ0) is 20.7. The molecule has 30 heavy (non-hydrogen) atoms. The van der Waals surface area contributed by atoms with Crippen molar-refractivity contribution in [2.45, 2.75) is 44.7 Å². The Hall–Kier alpha value is -1.08. The zero-order valence-corrected chi connectivity index (χ0v) is 21.3. The topological polar surface area (TPSA) is 103 Å². The summed E-state index contributed by atoms with van der Waals surface area (Å²) in [4.78, 5) is 19.0. The minimum Gasteiger partial charge on any atom is -0.363 e. The van der Waals surface area contributed by atoms with Crippen molar-refractivity contribution in [3.63, 3.8) is 0 Å². The minimum atomic E-state index is -2.98. The Bertz CT molecular complexity index is 793. The van der Waals surface area contributed by atoms with Crippen molar-refractivity contribution in [1.82, 2.24) is 16.0 Å². The first-order chi connectivity index (χ1) is 13.9. The molecule has 1 unspecified atom stereocenters. The Morgan fingerprint density at radius 3 is 2.60 bits per heavy atom. The molecule has 8 nitrogen and oxygen atoms in total. The summed E-state index contributed by atoms with van der Waals surface area (Å²) in [6.07, 6.45) is 2.84. The summed E-state index contributed by atoms with van der Waals surface area (Å²) in [6.45, 7) is 5.18. The van der Waals surface area contributed by atoms with Crippen molar-refractivity contribution in [3.8, 4) is 0 Å². The molecule has 1 atom stereocenters. The normalized spacial score (nSPS) is 21.7. The summed E-state index contributed by atoms with van der Waals surface area (Å²) in [5.41, 5.74) is 0. The first kappa shape index (κ1) is 25.2. The van der Waals surface area contributed by atoms with Gasteiger partial charge in [-0.3, -0.25) is 9.79 Å². The number of sulfone groups is 1. The van der Waals surface area contributed by atoms with Crippen LogP contribution < -0.4 is 20.9 Å². The van der Waals surface area contributed by atoms with Gasteiger partial charge in [0.1, 0.15) is 0 Å². The van der Waals surface area contributed by atoms with Crippen molar-refractivity contribution < 1.29 is 13.2 Å². The first-order valence-corrected chi connectivity index (χ1v) is 13.0. The van der Waals surface area contributed by atoms with E-state index in [2.05, 4.69) is 43.4 Å². The molecule has 170 valence electrons. The standard InChI is InChI=1S/C19H31N5O3S2.HI/c1-2-20-19(21-9-5-17(25)22-16-8-13-29(26,27)14-16)23-15-6-10-24(11-7-15)18-4-3-12-28-18;/h3-4,12,15-16H,2,5-11,13-14H2,1H3,(H,22,25)(H2,20,21,23);1H. The average molecular weight is 570 g/mol. The van der Waals surface area contributed by atoms with Crippen LogP contribution in [0.5, 0.6) is 0 Å². The number of hydrogen-bond donors (Lipinski definition) is 3. The van der Waals surface area contributed by atoms with E-state index >= 15 is 0 Å². The number of halogens is 1. The molecule has 3 rings (SSSR count). The molecule has 2 saturated heterocycles. The van der Waals surface area contributed by atoms with Gasteiger partial charge in [0.05, 0.1) is 23.1 Å². The lowest BCUT2D eigenvalue weighted by Gasteiger charge is -2.33. The second-order valence-corrected chi connectivity index (χ2v) is 10.7. The number of thiophene rings is 1. The van der Waals surface area contributed by atoms with Gasteiger partial charge in [0.2, 0.25) is 5.91 Å². The van der Waals surface area contributed by atoms with E-state index in [4.69, 9.17) is 0 Å². The fourth-order valence-electron chi connectivity index (χ4n) is 3.69. The van der Waals surface area contributed by atoms with Crippen LogP contribution in [-0.4, -0.2) is 70.1 Å². The van der Waals surface area contributed by atoms with Gasteiger partial charge < -0.3 is 20.9 Å². The highest BCUT2D eigenvalue weighted by molar-refractivity contribution is 14.0. The van der Waals surface area contributed by atoms with E-state index in [0.29, 0.717) is 19.0 Å². The van der Waals surface area contributed by atoms with Crippen LogP contribution in [0.2, 0.25) is 0 Å². The molecule has 3 heterocycles. The zero-order valence-electron chi connectivity index (χ0n) is 17.3. The van der Waals surface area contributed by atoms with Crippen LogP contribution in [0.1, 0.15) is 32.6 Å². The first-order valence-electron chi connectivity index (χ1n) is 10.3. The number of carbonyl (C=O) groups is 1. The van der Waals surface area contributed by atoms with E-state index in [9.17, 15) is 13.2 Å². The summed E-state index contributed by atoms with van der Waals surface area (Å²) in [5, 5.41) is 13.0. The highest BCUT2D eigenvalue weighted by atomic mass is 127. The fraction of sp³-hybridized carbons (Fsp3) is 0.684. The molecule has 0 aliphatic carbocycles. The van der Waals surface area contributed by atoms with Gasteiger partial charge in [-0.1, -0.05) is 0 Å². The Balaban J connectivity index is 0.00000320. The number of piperidine rings is 1. The maximum absolute atomic E-state index is 12.1. The third-order valence-corrected chi connectivity index (χ3v) is 7.90. The van der Waals surface area contributed by atoms with Crippen LogP contribution >= 0.6 is 35.3 Å². The maximum Gasteiger partial charge on any atom is 0.222 e. The lowest BCUT2D eigenvalue weighted by Crippen LogP contribution is -2.48. The molecule has 0 aromatic carbocycles. The number of nitrogens with zero attached hydrogens (tertiary/aromatic N) is 2. The molecule has 11 heteroatoms. The minimum absolute atomic E-state index is 0. The number of amides is 1. The van der Waals surface area contributed by atoms with E-state index in [1.807, 2.05) is 6.92 Å². The van der Waals surface area contributed by atoms with Crippen molar-refractivity contribution >= 4 is 62.0 Å². The number of rotatable bonds is 7. The summed E-state index contributed by atoms with van der Waals surface area (Å²) in [6, 6.07) is 4.36. The van der Waals surface area contributed by atoms with Crippen LogP contribution in [0, 0.1) is 0 Å². The molecule has 0 bridgehead atoms. The predicted octanol–water partition coefficient (Wildman–Crippen LogP) is 1.58. The molecule has 2 aliphatic rings. The third kappa shape index (κ3) is 7.88. The van der Waals surface area contributed by atoms with Gasteiger partial charge in [-0.25, -0.2) is 8.42 Å². The number of carbonyl (C=O) groups excluding carboxylic acids is 1. The van der Waals surface area contributed by atoms with Gasteiger partial charge in [0, 0.05) is 38.1 Å². The summed E-state index contributed by atoms with van der Waals surface area (Å²) in [5.74, 6) is 0.806. The van der Waals surface area contributed by atoms with Crippen molar-refractivity contribution in [1.29, 1.82) is 0 Å². The molecule has 3 N–H and O–H groups in total. The van der Waals surface area contributed by atoms with Crippen LogP contribution in [0.3, 0.4) is 0 Å². The largest absolute Gasteiger partial charge is 0.363 e. The second-order valence-electron chi connectivity index (χ2n) is 7.54. The monoisotopic (exact) mass is 569 g/mol. The number of anilines is 1. The lowest BCUT2D eigenvalue weighted by molar-refractivity contribution is -0.121. The second kappa shape index (κ2) is 12.1. The van der Waals surface area contributed by atoms with Crippen LogP contribution in [0.25, 0.3) is 0 Å². The van der Waals surface area contributed by atoms with Crippen molar-refractivity contribution in [2.75, 3.05) is 42.6 Å². The van der Waals surface area contributed by atoms with E-state index < -0.39 is 9.84 Å². The smallest absolute Gasteiger partial charge is 0.222 e. The number of guanidine groups is 1. The lowest BCUT2D eigenvalue weighted by atomic mass is 10.1. The molecule has 0 spiro atoms. The maximum atomic E-state index is 12.1. The van der Waals surface area contributed by atoms with Crippen LogP contribution in [-0.2, 0) is 14.6 Å². The van der Waals surface area contributed by atoms with Gasteiger partial charge in [-0.15, -0.1) is 35.3 Å². The highest BCUT2D eigenvalue weighted by Crippen LogP contribution is 2.24. The Morgan fingerprint density at radius 2 is 2.00 bits per heavy atom. The van der Waals surface area contributed by atoms with Gasteiger partial charge in [0.15, 0.2) is 15.8 Å². The molecule has 2 aliphatic heterocycles. The molecule has 1 aromatic heterocycles. The third-order valence-electron chi connectivity index (χ3n) is 5.20. The predicted molar refractivity (Wildman–Crippen MR) is 134 cm³/mol. The van der Waals surface area contributed by atoms with Crippen LogP contribution in [0.15, 0.2) is 22.5 Å². The molecule has 0 saturated carbocycles. The van der Waals surface area contributed by atoms with E-state index in [1.54, 1.807) is 11.3 Å². The molecule has 1 amide bonds. The molecular weight excluding hydrogens is 537 g/mol. The quantitative estimate of drug-likeness (QED) is 0.262. The highest BCUT2D eigenvalue weighted by Gasteiger charge is 2.28. The number of hydrogen-bond acceptors (Lipinski definition) is 6. The summed E-state index contributed by atoms with van der Waals surface area (Å²) < 4.78 is 23.0. The molecule has 2 fully saturated rings. The number of nitrogens with one attached hydrogen (secondary N) is 3. The van der Waals surface area contributed by atoms with Crippen molar-refractivity contribution in [2.24, 2.45) is 4.99 Å². The molecule has 0 radical (unpaired) electrons. The number of aliphatic imine (C=N–C) groups is 1. The fourth-order valence-corrected chi connectivity index (χ4v) is 6.14. The average Bonchev–Trinajstić information content (AvgIpc) is 3.32. The van der Waals surface area contributed by atoms with Gasteiger partial charge in [0.25, 0.3) is 0 Å². The van der Waals surface area contributed by atoms with E-state index in [1.165, 1.54) is 5.00 Å². The Kier molecular flexibility index (Phi) is 10.1. The van der Waals surface area contributed by atoms with Gasteiger partial charge >= 0.3 is 0 Å². The summed E-state index contributed by atoms with van der Waals surface area (Å²) in [7, 11) is -2.98. The molecule has 1 aromatic rings. The SMILES string of the molecule is CCNC(=NCCC(=O)NC1CCS(=O)(=O)C1)NC1CCN(c2cccs2)CC1.I. The van der Waals surface area contributed by atoms with E-state index in [-0.39, 0.29) is 53.9 Å². The summed E-state index contributed by atoms with van der Waals surface area (Å²) >= 11 is 1.78. The van der Waals surface area contributed by atoms with Gasteiger partial charge in [-0.05, 0) is 43.7 Å². The Morgan fingerprint density at radius 1 is 1.23 bits per heavy atom. The van der Waals surface area contributed by atoms with Gasteiger partial charge in [-0.2, -0.15) is 0 Å². The van der Waals surface area contributed by atoms with Crippen molar-refractivity contribution in [3.05, 3.63) is 17.5 Å². The van der Waals surface area contributed by atoms with E-state index in [0.717, 1.165) is 38.4 Å². The Labute approximate surface area is 200 Å². The molecular formula is C19H32IN5O3S2.